The quantitative estimate of drug-likeness (QED) is 0.151. The van der Waals surface area contributed by atoms with E-state index in [1.165, 1.54) is 0 Å². The number of rotatable bonds is 11. The molecular weight excluding hydrogens is 644 g/mol. The van der Waals surface area contributed by atoms with Crippen LogP contribution < -0.4 is 14.8 Å². The Bertz CT molecular complexity index is 1500. The van der Waals surface area contributed by atoms with E-state index in [1.807, 2.05) is 34.9 Å². The summed E-state index contributed by atoms with van der Waals surface area (Å²) >= 11 is 9.85. The molecule has 10 nitrogen and oxygen atoms in total. The van der Waals surface area contributed by atoms with Crippen LogP contribution in [0.15, 0.2) is 46.9 Å². The van der Waals surface area contributed by atoms with Gasteiger partial charge in [-0.05, 0) is 85.9 Å². The lowest BCUT2D eigenvalue weighted by molar-refractivity contribution is -0.165. The van der Waals surface area contributed by atoms with E-state index in [-0.39, 0.29) is 32.1 Å². The highest BCUT2D eigenvalue weighted by molar-refractivity contribution is 9.10. The Morgan fingerprint density at radius 3 is 2.33 bits per heavy atom. The number of hydrogen-bond acceptors (Lipinski definition) is 9. The van der Waals surface area contributed by atoms with Crippen LogP contribution in [0.3, 0.4) is 0 Å². The Kier molecular flexibility index (Phi) is 10.4. The third kappa shape index (κ3) is 7.70. The predicted octanol–water partition coefficient (Wildman–Crippen LogP) is 5.89. The van der Waals surface area contributed by atoms with Crippen molar-refractivity contribution in [2.75, 3.05) is 20.0 Å². The third-order valence-electron chi connectivity index (χ3n) is 6.33. The van der Waals surface area contributed by atoms with Crippen molar-refractivity contribution in [3.8, 4) is 22.8 Å². The number of halogens is 2. The molecule has 0 saturated carbocycles. The highest BCUT2D eigenvalue weighted by atomic mass is 79.9. The molecular formula is C31H34BrClN2O8. The second-order valence-electron chi connectivity index (χ2n) is 10.6. The van der Waals surface area contributed by atoms with Gasteiger partial charge in [-0.1, -0.05) is 29.8 Å². The molecule has 0 radical (unpaired) electrons. The van der Waals surface area contributed by atoms with Crippen molar-refractivity contribution in [3.63, 3.8) is 0 Å². The zero-order chi connectivity index (χ0) is 31.3. The van der Waals surface area contributed by atoms with Crippen LogP contribution >= 0.6 is 27.5 Å². The van der Waals surface area contributed by atoms with Gasteiger partial charge in [0.2, 0.25) is 12.8 Å². The molecule has 0 saturated heterocycles. The number of aromatic nitrogens is 1. The van der Waals surface area contributed by atoms with Crippen LogP contribution in [0.25, 0.3) is 11.3 Å². The maximum absolute atomic E-state index is 13.4. The van der Waals surface area contributed by atoms with Gasteiger partial charge < -0.3 is 28.3 Å². The van der Waals surface area contributed by atoms with Gasteiger partial charge in [0.05, 0.1) is 28.9 Å². The molecule has 4 rings (SSSR count). The minimum Gasteiger partial charge on any atom is -0.464 e. The molecule has 1 unspecified atom stereocenters. The Balaban J connectivity index is 1.85. The van der Waals surface area contributed by atoms with Crippen LogP contribution in [0.2, 0.25) is 5.02 Å². The smallest absolute Gasteiger partial charge is 0.341 e. The molecule has 0 bridgehead atoms. The largest absolute Gasteiger partial charge is 0.464 e. The van der Waals surface area contributed by atoms with Crippen molar-refractivity contribution in [3.05, 3.63) is 68.8 Å². The normalized spacial score (nSPS) is 13.0. The highest BCUT2D eigenvalue weighted by Gasteiger charge is 2.34. The van der Waals surface area contributed by atoms with E-state index in [2.05, 4.69) is 21.2 Å². The van der Waals surface area contributed by atoms with E-state index in [9.17, 15) is 14.4 Å². The standard InChI is InChI=1S/C31H34BrClN2O8/c1-6-39-28(36)24-21(15-34-26(29(37)40-7-2)30(38)43-31(3,4)5)35(16-18-8-13-22-23(14-18)42-17-41-22)27(25(24)32)19-9-11-20(33)12-10-19/h8-14,26,34H,6-7,15-17H2,1-5H3. The Labute approximate surface area is 263 Å². The van der Waals surface area contributed by atoms with Crippen LogP contribution in [0.5, 0.6) is 11.5 Å². The van der Waals surface area contributed by atoms with Crippen LogP contribution in [0, 0.1) is 0 Å². The fourth-order valence-electron chi connectivity index (χ4n) is 4.56. The summed E-state index contributed by atoms with van der Waals surface area (Å²) in [6, 6.07) is 11.3. The number of hydrogen-bond donors (Lipinski definition) is 1. The van der Waals surface area contributed by atoms with Crippen molar-refractivity contribution < 1.29 is 38.1 Å². The van der Waals surface area contributed by atoms with Gasteiger partial charge in [-0.15, -0.1) is 0 Å². The minimum absolute atomic E-state index is 0.0701. The molecule has 0 fully saturated rings. The van der Waals surface area contributed by atoms with Crippen molar-refractivity contribution in [1.29, 1.82) is 0 Å². The molecule has 2 heterocycles. The van der Waals surface area contributed by atoms with Gasteiger partial charge >= 0.3 is 17.9 Å². The van der Waals surface area contributed by atoms with Crippen LogP contribution in [-0.2, 0) is 36.9 Å². The molecule has 0 aliphatic carbocycles. The summed E-state index contributed by atoms with van der Waals surface area (Å²) in [5.41, 5.74) is 2.15. The van der Waals surface area contributed by atoms with Gasteiger partial charge in [0.15, 0.2) is 11.5 Å². The van der Waals surface area contributed by atoms with E-state index in [1.54, 1.807) is 46.8 Å². The average Bonchev–Trinajstić information content (AvgIpc) is 3.50. The molecule has 12 heteroatoms. The first kappa shape index (κ1) is 32.4. The van der Waals surface area contributed by atoms with E-state index >= 15 is 0 Å². The molecule has 2 aromatic carbocycles. The first-order valence-electron chi connectivity index (χ1n) is 13.8. The maximum Gasteiger partial charge on any atom is 0.341 e. The van der Waals surface area contributed by atoms with E-state index in [0.29, 0.717) is 38.9 Å². The fourth-order valence-corrected chi connectivity index (χ4v) is 5.52. The SMILES string of the molecule is CCOC(=O)c1c(Br)c(-c2ccc(Cl)cc2)n(Cc2ccc3c(c2)OCO3)c1CNC(C(=O)OCC)C(=O)OC(C)(C)C. The highest BCUT2D eigenvalue weighted by Crippen LogP contribution is 2.39. The summed E-state index contributed by atoms with van der Waals surface area (Å²) in [5, 5.41) is 3.54. The molecule has 0 amide bonds. The van der Waals surface area contributed by atoms with Gasteiger partial charge in [-0.25, -0.2) is 14.4 Å². The average molecular weight is 678 g/mol. The molecule has 1 aliphatic rings. The van der Waals surface area contributed by atoms with Crippen molar-refractivity contribution in [2.24, 2.45) is 0 Å². The first-order chi connectivity index (χ1) is 20.4. The number of fused-ring (bicyclic) bond motifs is 1. The van der Waals surface area contributed by atoms with Gasteiger partial charge in [-0.2, -0.15) is 0 Å². The number of nitrogens with one attached hydrogen (secondary N) is 1. The summed E-state index contributed by atoms with van der Waals surface area (Å²) in [6.07, 6.45) is 0. The molecule has 1 atom stereocenters. The lowest BCUT2D eigenvalue weighted by Crippen LogP contribution is -2.47. The number of carbonyl (C=O) groups is 3. The number of carbonyl (C=O) groups excluding carboxylic acids is 3. The van der Waals surface area contributed by atoms with E-state index in [4.69, 9.17) is 35.3 Å². The van der Waals surface area contributed by atoms with Crippen molar-refractivity contribution >= 4 is 45.4 Å². The van der Waals surface area contributed by atoms with Gasteiger partial charge in [0.1, 0.15) is 5.60 Å². The molecule has 1 N–H and O–H groups in total. The maximum atomic E-state index is 13.4. The Hall–Kier alpha value is -3.54. The van der Waals surface area contributed by atoms with Crippen LogP contribution in [-0.4, -0.2) is 54.1 Å². The van der Waals surface area contributed by atoms with Crippen molar-refractivity contribution in [2.45, 2.75) is 59.4 Å². The monoisotopic (exact) mass is 676 g/mol. The number of esters is 3. The lowest BCUT2D eigenvalue weighted by Gasteiger charge is -2.24. The Morgan fingerprint density at radius 1 is 1.00 bits per heavy atom. The number of nitrogens with zero attached hydrogens (tertiary/aromatic N) is 1. The van der Waals surface area contributed by atoms with Crippen molar-refractivity contribution in [1.82, 2.24) is 9.88 Å². The van der Waals surface area contributed by atoms with Crippen LogP contribution in [0.4, 0.5) is 0 Å². The molecule has 3 aromatic rings. The molecule has 43 heavy (non-hydrogen) atoms. The summed E-state index contributed by atoms with van der Waals surface area (Å²) in [6.45, 7) is 9.03. The summed E-state index contributed by atoms with van der Waals surface area (Å²) in [7, 11) is 0. The number of benzene rings is 2. The fraction of sp³-hybridized carbons (Fsp3) is 0.387. The molecule has 230 valence electrons. The molecule has 0 spiro atoms. The first-order valence-corrected chi connectivity index (χ1v) is 15.0. The van der Waals surface area contributed by atoms with E-state index in [0.717, 1.165) is 11.1 Å². The zero-order valence-corrected chi connectivity index (χ0v) is 27.0. The summed E-state index contributed by atoms with van der Waals surface area (Å²) in [4.78, 5) is 39.4. The predicted molar refractivity (Wildman–Crippen MR) is 163 cm³/mol. The lowest BCUT2D eigenvalue weighted by atomic mass is 10.1. The van der Waals surface area contributed by atoms with Gasteiger partial charge in [0, 0.05) is 23.8 Å². The summed E-state index contributed by atoms with van der Waals surface area (Å²) < 4.78 is 29.6. The Morgan fingerprint density at radius 2 is 1.67 bits per heavy atom. The minimum atomic E-state index is -1.44. The van der Waals surface area contributed by atoms with Gasteiger partial charge in [0.25, 0.3) is 0 Å². The third-order valence-corrected chi connectivity index (χ3v) is 7.35. The van der Waals surface area contributed by atoms with Crippen LogP contribution in [0.1, 0.15) is 56.2 Å². The van der Waals surface area contributed by atoms with Gasteiger partial charge in [-0.3, -0.25) is 5.32 Å². The molecule has 1 aromatic heterocycles. The molecule has 1 aliphatic heterocycles. The summed E-state index contributed by atoms with van der Waals surface area (Å²) in [5.74, 6) is -0.918. The second-order valence-corrected chi connectivity index (χ2v) is 11.8. The topological polar surface area (TPSA) is 114 Å². The number of ether oxygens (including phenoxy) is 5. The van der Waals surface area contributed by atoms with E-state index < -0.39 is 29.6 Å². The second kappa shape index (κ2) is 13.8. The zero-order valence-electron chi connectivity index (χ0n) is 24.6.